The molecule has 0 unspecified atom stereocenters. The van der Waals surface area contributed by atoms with Gasteiger partial charge in [0.1, 0.15) is 0 Å². The maximum atomic E-state index is 12.8. The lowest BCUT2D eigenvalue weighted by atomic mass is 9.59. The zero-order valence-corrected chi connectivity index (χ0v) is 16.9. The second-order valence-electron chi connectivity index (χ2n) is 9.10. The number of cyclic esters (lactones) is 2. The van der Waals surface area contributed by atoms with Gasteiger partial charge in [0.15, 0.2) is 0 Å². The molecule has 6 nitrogen and oxygen atoms in total. The maximum Gasteiger partial charge on any atom is 0.341 e. The van der Waals surface area contributed by atoms with Gasteiger partial charge in [0.2, 0.25) is 0 Å². The number of carbonyl (C=O) groups excluding carboxylic acids is 2. The molecule has 1 aromatic carbocycles. The number of fused-ring (bicyclic) bond motifs is 2. The molecule has 2 bridgehead atoms. The summed E-state index contributed by atoms with van der Waals surface area (Å²) >= 11 is 0. The largest absolute Gasteiger partial charge is 0.421 e. The summed E-state index contributed by atoms with van der Waals surface area (Å²) in [5.41, 5.74) is 0.136. The predicted octanol–water partition coefficient (Wildman–Crippen LogP) is 3.45. The van der Waals surface area contributed by atoms with Crippen LogP contribution >= 0.6 is 0 Å². The van der Waals surface area contributed by atoms with Crippen molar-refractivity contribution in [2.45, 2.75) is 76.8 Å². The average Bonchev–Trinajstić information content (AvgIpc) is 2.73. The van der Waals surface area contributed by atoms with Crippen LogP contribution in [-0.2, 0) is 9.47 Å². The van der Waals surface area contributed by atoms with E-state index < -0.39 is 23.6 Å². The van der Waals surface area contributed by atoms with E-state index in [1.165, 1.54) is 6.07 Å². The Hall–Kier alpha value is -1.92. The Bertz CT molecular complexity index is 703. The number of carbonyl (C=O) groups is 2. The fourth-order valence-corrected chi connectivity index (χ4v) is 5.50. The fourth-order valence-electron chi connectivity index (χ4n) is 5.50. The summed E-state index contributed by atoms with van der Waals surface area (Å²) in [5, 5.41) is 20.0. The molecule has 1 aliphatic heterocycles. The fraction of sp³-hybridized carbons (Fsp3) is 0.652. The van der Waals surface area contributed by atoms with E-state index in [0.717, 1.165) is 25.7 Å². The molecule has 2 aliphatic carbocycles. The van der Waals surface area contributed by atoms with Crippen LogP contribution in [0, 0.1) is 17.3 Å². The molecule has 0 atom stereocenters. The number of benzene rings is 1. The van der Waals surface area contributed by atoms with Crippen LogP contribution in [-0.4, -0.2) is 40.6 Å². The molecule has 158 valence electrons. The van der Waals surface area contributed by atoms with E-state index in [2.05, 4.69) is 6.92 Å². The first-order valence-electron chi connectivity index (χ1n) is 10.8. The second kappa shape index (κ2) is 8.07. The van der Waals surface area contributed by atoms with Gasteiger partial charge in [0.05, 0.1) is 23.3 Å². The summed E-state index contributed by atoms with van der Waals surface area (Å²) in [6.07, 6.45) is 4.40. The number of aliphatic hydroxyl groups excluding tert-OH is 2. The van der Waals surface area contributed by atoms with Gasteiger partial charge in [-0.05, 0) is 81.4 Å². The zero-order chi connectivity index (χ0) is 20.6. The summed E-state index contributed by atoms with van der Waals surface area (Å²) in [6.45, 7) is 2.07. The van der Waals surface area contributed by atoms with E-state index in [9.17, 15) is 19.8 Å². The van der Waals surface area contributed by atoms with E-state index in [1.807, 2.05) is 0 Å². The number of hydrogen-bond donors (Lipinski definition) is 2. The average molecular weight is 402 g/mol. The molecule has 2 N–H and O–H groups in total. The monoisotopic (exact) mass is 402 g/mol. The minimum Gasteiger partial charge on any atom is -0.421 e. The van der Waals surface area contributed by atoms with Gasteiger partial charge >= 0.3 is 11.9 Å². The molecule has 1 aromatic rings. The molecular weight excluding hydrogens is 372 g/mol. The first-order valence-corrected chi connectivity index (χ1v) is 10.8. The lowest BCUT2D eigenvalue weighted by Crippen LogP contribution is -2.52. The van der Waals surface area contributed by atoms with Gasteiger partial charge in [-0.25, -0.2) is 9.59 Å². The molecule has 0 amide bonds. The van der Waals surface area contributed by atoms with Crippen molar-refractivity contribution < 1.29 is 29.3 Å². The van der Waals surface area contributed by atoms with Gasteiger partial charge in [-0.2, -0.15) is 0 Å². The second-order valence-corrected chi connectivity index (χ2v) is 9.10. The SMILES string of the molecule is CC(C1CCC(O)CC1)(C1CCC(O)CC1)C1OC(=O)c2cccc(c2)C(=O)O1. The van der Waals surface area contributed by atoms with Crippen LogP contribution in [0.25, 0.3) is 0 Å². The van der Waals surface area contributed by atoms with Gasteiger partial charge in [0.25, 0.3) is 6.29 Å². The summed E-state index contributed by atoms with van der Waals surface area (Å²) in [4.78, 5) is 25.5. The molecule has 4 rings (SSSR count). The van der Waals surface area contributed by atoms with E-state index >= 15 is 0 Å². The Labute approximate surface area is 171 Å². The highest BCUT2D eigenvalue weighted by molar-refractivity contribution is 5.96. The number of ether oxygens (including phenoxy) is 2. The number of esters is 2. The molecule has 2 saturated carbocycles. The highest BCUT2D eigenvalue weighted by atomic mass is 16.7. The molecule has 0 aromatic heterocycles. The minimum absolute atomic E-state index is 0.162. The van der Waals surface area contributed by atoms with Crippen molar-refractivity contribution in [2.24, 2.45) is 17.3 Å². The van der Waals surface area contributed by atoms with Gasteiger partial charge in [0, 0.05) is 5.41 Å². The maximum absolute atomic E-state index is 12.8. The van der Waals surface area contributed by atoms with E-state index in [-0.39, 0.29) is 24.0 Å². The van der Waals surface area contributed by atoms with Crippen molar-refractivity contribution in [3.05, 3.63) is 35.4 Å². The van der Waals surface area contributed by atoms with Crippen LogP contribution in [0.1, 0.15) is 79.0 Å². The smallest absolute Gasteiger partial charge is 0.341 e. The zero-order valence-electron chi connectivity index (χ0n) is 16.9. The molecular formula is C23H30O6. The third kappa shape index (κ3) is 3.92. The highest BCUT2D eigenvalue weighted by Crippen LogP contribution is 2.52. The molecule has 29 heavy (non-hydrogen) atoms. The van der Waals surface area contributed by atoms with Crippen LogP contribution in [0.5, 0.6) is 0 Å². The van der Waals surface area contributed by atoms with Crippen molar-refractivity contribution in [1.29, 1.82) is 0 Å². The Morgan fingerprint density at radius 3 is 1.62 bits per heavy atom. The molecule has 2 fully saturated rings. The Kier molecular flexibility index (Phi) is 5.67. The lowest BCUT2D eigenvalue weighted by Gasteiger charge is -2.50. The van der Waals surface area contributed by atoms with Gasteiger partial charge < -0.3 is 19.7 Å². The van der Waals surface area contributed by atoms with Crippen LogP contribution in [0.15, 0.2) is 24.3 Å². The molecule has 0 saturated heterocycles. The quantitative estimate of drug-likeness (QED) is 0.753. The van der Waals surface area contributed by atoms with Crippen LogP contribution in [0.2, 0.25) is 0 Å². The van der Waals surface area contributed by atoms with Crippen LogP contribution < -0.4 is 0 Å². The Morgan fingerprint density at radius 2 is 1.21 bits per heavy atom. The first-order chi connectivity index (χ1) is 13.9. The Morgan fingerprint density at radius 1 is 0.793 bits per heavy atom. The highest BCUT2D eigenvalue weighted by Gasteiger charge is 2.53. The van der Waals surface area contributed by atoms with E-state index in [4.69, 9.17) is 9.47 Å². The van der Waals surface area contributed by atoms with Crippen molar-refractivity contribution in [2.75, 3.05) is 0 Å². The van der Waals surface area contributed by atoms with Gasteiger partial charge in [-0.15, -0.1) is 0 Å². The lowest BCUT2D eigenvalue weighted by molar-refractivity contribution is -0.193. The van der Waals surface area contributed by atoms with E-state index in [1.54, 1.807) is 18.2 Å². The predicted molar refractivity (Wildman–Crippen MR) is 105 cm³/mol. The van der Waals surface area contributed by atoms with Crippen LogP contribution in [0.3, 0.4) is 0 Å². The van der Waals surface area contributed by atoms with Crippen molar-refractivity contribution in [3.8, 4) is 0 Å². The summed E-state index contributed by atoms with van der Waals surface area (Å²) < 4.78 is 11.6. The third-order valence-corrected chi connectivity index (χ3v) is 7.42. The van der Waals surface area contributed by atoms with Crippen molar-refractivity contribution >= 4 is 11.9 Å². The molecule has 6 heteroatoms. The van der Waals surface area contributed by atoms with Crippen LogP contribution in [0.4, 0.5) is 0 Å². The van der Waals surface area contributed by atoms with E-state index in [0.29, 0.717) is 36.8 Å². The number of aliphatic hydroxyl groups is 2. The topological polar surface area (TPSA) is 93.1 Å². The number of rotatable bonds is 3. The molecule has 0 radical (unpaired) electrons. The first kappa shape index (κ1) is 20.4. The van der Waals surface area contributed by atoms with Crippen molar-refractivity contribution in [3.63, 3.8) is 0 Å². The normalized spacial score (nSPS) is 33.1. The van der Waals surface area contributed by atoms with Gasteiger partial charge in [-0.3, -0.25) is 0 Å². The summed E-state index contributed by atoms with van der Waals surface area (Å²) in [7, 11) is 0. The molecule has 3 aliphatic rings. The Balaban J connectivity index is 1.68. The third-order valence-electron chi connectivity index (χ3n) is 7.42. The minimum atomic E-state index is -0.985. The molecule has 0 spiro atoms. The number of hydrogen-bond acceptors (Lipinski definition) is 6. The van der Waals surface area contributed by atoms with Crippen molar-refractivity contribution in [1.82, 2.24) is 0 Å². The standard InChI is InChI=1S/C23H30O6/c1-23(16-5-9-18(24)10-6-16,17-7-11-19(25)12-8-17)22-28-20(26)14-3-2-4-15(13-14)21(27)29-22/h2-4,13,16-19,22,24-25H,5-12H2,1H3. The molecule has 1 heterocycles. The summed E-state index contributed by atoms with van der Waals surface area (Å²) in [6, 6.07) is 6.45. The van der Waals surface area contributed by atoms with Gasteiger partial charge in [-0.1, -0.05) is 13.0 Å². The summed E-state index contributed by atoms with van der Waals surface area (Å²) in [5.74, 6) is -0.645.